The number of nitrogens with one attached hydrogen (secondary N) is 2. The molecule has 2 rings (SSSR count). The van der Waals surface area contributed by atoms with Gasteiger partial charge in [-0.05, 0) is 29.9 Å². The fraction of sp³-hybridized carbons (Fsp3) is 0.409. The number of hydrogen-bond acceptors (Lipinski definition) is 3. The molecule has 0 aliphatic carbocycles. The zero-order valence-electron chi connectivity index (χ0n) is 15.7. The number of nitriles is 1. The first-order valence-electron chi connectivity index (χ1n) is 8.69. The van der Waals surface area contributed by atoms with E-state index in [4.69, 9.17) is 0 Å². The number of amides is 2. The summed E-state index contributed by atoms with van der Waals surface area (Å²) in [6, 6.07) is 12.4. The van der Waals surface area contributed by atoms with Gasteiger partial charge in [0.1, 0.15) is 6.04 Å². The Morgan fingerprint density at radius 2 is 1.81 bits per heavy atom. The fourth-order valence-corrected chi connectivity index (χ4v) is 3.37. The van der Waals surface area contributed by atoms with Crippen molar-refractivity contribution in [2.24, 2.45) is 11.3 Å². The molecule has 27 heavy (non-hydrogen) atoms. The van der Waals surface area contributed by atoms with Gasteiger partial charge in [0, 0.05) is 16.5 Å². The number of anilines is 1. The van der Waals surface area contributed by atoms with Gasteiger partial charge in [0.2, 0.25) is 12.3 Å². The van der Waals surface area contributed by atoms with Crippen molar-refractivity contribution < 1.29 is 9.59 Å². The van der Waals surface area contributed by atoms with Crippen LogP contribution in [0.3, 0.4) is 0 Å². The van der Waals surface area contributed by atoms with E-state index in [-0.39, 0.29) is 24.7 Å². The van der Waals surface area contributed by atoms with Gasteiger partial charge in [-0.1, -0.05) is 59.4 Å². The van der Waals surface area contributed by atoms with Gasteiger partial charge in [0.15, 0.2) is 0 Å². The van der Waals surface area contributed by atoms with Gasteiger partial charge in [-0.3, -0.25) is 9.59 Å². The van der Waals surface area contributed by atoms with Crippen molar-refractivity contribution in [2.75, 3.05) is 5.32 Å². The Morgan fingerprint density at radius 1 is 1.19 bits per heavy atom. The summed E-state index contributed by atoms with van der Waals surface area (Å²) in [5.74, 6) is -0.284. The molecule has 0 bridgehead atoms. The molecule has 5 heteroatoms. The van der Waals surface area contributed by atoms with Crippen LogP contribution in [0.2, 0.25) is 0 Å². The van der Waals surface area contributed by atoms with Crippen molar-refractivity contribution in [3.05, 3.63) is 42.0 Å². The fourth-order valence-electron chi connectivity index (χ4n) is 3.37. The molecule has 0 saturated carbocycles. The Morgan fingerprint density at radius 3 is 2.37 bits per heavy atom. The van der Waals surface area contributed by atoms with Gasteiger partial charge < -0.3 is 10.6 Å². The van der Waals surface area contributed by atoms with E-state index in [1.807, 2.05) is 31.2 Å². The quantitative estimate of drug-likeness (QED) is 0.739. The highest BCUT2D eigenvalue weighted by Crippen LogP contribution is 2.29. The number of carbonyl (C=O) groups is 2. The van der Waals surface area contributed by atoms with E-state index >= 15 is 0 Å². The first-order valence-corrected chi connectivity index (χ1v) is 8.69. The summed E-state index contributed by atoms with van der Waals surface area (Å²) in [5.41, 5.74) is 1.23. The van der Waals surface area contributed by atoms with Crippen molar-refractivity contribution in [2.45, 2.75) is 47.6 Å². The molecular formula is C22H29N3O2. The molecule has 5 nitrogen and oxygen atoms in total. The van der Waals surface area contributed by atoms with Crippen LogP contribution in [0.15, 0.2) is 36.4 Å². The maximum atomic E-state index is 12.8. The minimum Gasteiger partial charge on any atom is -0.347 e. The van der Waals surface area contributed by atoms with Crippen LogP contribution in [-0.4, -0.2) is 18.4 Å². The maximum absolute atomic E-state index is 12.8. The van der Waals surface area contributed by atoms with Crippen LogP contribution in [0, 0.1) is 22.7 Å². The van der Waals surface area contributed by atoms with Gasteiger partial charge in [-0.15, -0.1) is 0 Å². The lowest BCUT2D eigenvalue weighted by Gasteiger charge is -2.28. The van der Waals surface area contributed by atoms with Gasteiger partial charge in [-0.2, -0.15) is 5.26 Å². The predicted molar refractivity (Wildman–Crippen MR) is 110 cm³/mol. The van der Waals surface area contributed by atoms with E-state index in [0.29, 0.717) is 17.7 Å². The highest BCUT2D eigenvalue weighted by Gasteiger charge is 2.28. The van der Waals surface area contributed by atoms with Gasteiger partial charge in [0.25, 0.3) is 0 Å². The number of carbonyl (C=O) groups excluding carboxylic acids is 2. The zero-order valence-corrected chi connectivity index (χ0v) is 15.7. The first kappa shape index (κ1) is 22.2. The van der Waals surface area contributed by atoms with E-state index < -0.39 is 6.04 Å². The number of rotatable bonds is 6. The molecule has 0 unspecified atom stereocenters. The largest absolute Gasteiger partial charge is 0.347 e. The Bertz CT molecular complexity index is 847. The van der Waals surface area contributed by atoms with Crippen molar-refractivity contribution in [3.63, 3.8) is 0 Å². The van der Waals surface area contributed by atoms with E-state index in [1.54, 1.807) is 12.1 Å². The van der Waals surface area contributed by atoms with E-state index in [0.717, 1.165) is 17.2 Å². The van der Waals surface area contributed by atoms with Crippen molar-refractivity contribution >= 4 is 28.8 Å². The molecular weight excluding hydrogens is 338 g/mol. The Labute approximate surface area is 161 Å². The third-order valence-electron chi connectivity index (χ3n) is 4.34. The van der Waals surface area contributed by atoms with Gasteiger partial charge in [0.05, 0.1) is 11.6 Å². The number of hydrogen-bond donors (Lipinski definition) is 2. The first-order chi connectivity index (χ1) is 12.3. The Kier molecular flexibility index (Phi) is 7.54. The Balaban J connectivity index is 0.00000364. The normalized spacial score (nSPS) is 13.0. The van der Waals surface area contributed by atoms with E-state index in [9.17, 15) is 14.9 Å². The number of nitrogens with zero attached hydrogens (tertiary/aromatic N) is 1. The predicted octanol–water partition coefficient (Wildman–Crippen LogP) is 4.47. The smallest absolute Gasteiger partial charge is 0.247 e. The monoisotopic (exact) mass is 367 g/mol. The minimum absolute atomic E-state index is 0. The third-order valence-corrected chi connectivity index (χ3v) is 4.34. The molecule has 0 aliphatic heterocycles. The molecule has 2 N–H and O–H groups in total. The van der Waals surface area contributed by atoms with Crippen LogP contribution in [-0.2, 0) is 9.59 Å². The molecule has 0 fully saturated rings. The lowest BCUT2D eigenvalue weighted by molar-refractivity contribution is -0.122. The average Bonchev–Trinajstić information content (AvgIpc) is 2.58. The zero-order chi connectivity index (χ0) is 19.3. The van der Waals surface area contributed by atoms with Gasteiger partial charge >= 0.3 is 0 Å². The van der Waals surface area contributed by atoms with Crippen LogP contribution in [0.5, 0.6) is 0 Å². The molecule has 0 heterocycles. The highest BCUT2D eigenvalue weighted by molar-refractivity contribution is 6.05. The standard InChI is InChI=1S/C21H25N3O2.CH4/c1-14(11-21(2,3)4)19(23-13-25)20(26)24-18-10-9-15(12-22)16-7-5-6-8-17(16)18;/h5-10,13-14,19H,11H2,1-4H3,(H,23,25)(H,24,26);1H4/t14-,19-;/m0./s1. The van der Waals surface area contributed by atoms with Crippen LogP contribution in [0.4, 0.5) is 5.69 Å². The van der Waals surface area contributed by atoms with Gasteiger partial charge in [-0.25, -0.2) is 0 Å². The van der Waals surface area contributed by atoms with Crippen molar-refractivity contribution in [3.8, 4) is 6.07 Å². The van der Waals surface area contributed by atoms with Crippen LogP contribution in [0.25, 0.3) is 10.8 Å². The minimum atomic E-state index is -0.624. The summed E-state index contributed by atoms with van der Waals surface area (Å²) in [7, 11) is 0. The molecule has 0 spiro atoms. The van der Waals surface area contributed by atoms with Crippen LogP contribution < -0.4 is 10.6 Å². The summed E-state index contributed by atoms with van der Waals surface area (Å²) in [4.78, 5) is 23.8. The summed E-state index contributed by atoms with van der Waals surface area (Å²) in [6.45, 7) is 8.28. The topological polar surface area (TPSA) is 82.0 Å². The molecule has 0 radical (unpaired) electrons. The average molecular weight is 367 g/mol. The third kappa shape index (κ3) is 5.55. The lowest BCUT2D eigenvalue weighted by Crippen LogP contribution is -2.45. The molecule has 0 aliphatic rings. The number of fused-ring (bicyclic) bond motifs is 1. The van der Waals surface area contributed by atoms with Crippen molar-refractivity contribution in [1.82, 2.24) is 5.32 Å². The van der Waals surface area contributed by atoms with E-state index in [1.165, 1.54) is 0 Å². The van der Waals surface area contributed by atoms with Crippen LogP contribution >= 0.6 is 0 Å². The lowest BCUT2D eigenvalue weighted by atomic mass is 9.82. The highest BCUT2D eigenvalue weighted by atomic mass is 16.2. The summed E-state index contributed by atoms with van der Waals surface area (Å²) < 4.78 is 0. The molecule has 0 aromatic heterocycles. The van der Waals surface area contributed by atoms with Crippen LogP contribution in [0.1, 0.15) is 47.1 Å². The molecule has 2 aromatic carbocycles. The second-order valence-corrected chi connectivity index (χ2v) is 7.81. The molecule has 2 amide bonds. The number of benzene rings is 2. The second-order valence-electron chi connectivity index (χ2n) is 7.81. The SMILES string of the molecule is C.C[C@@H](CC(C)(C)C)[C@H](NC=O)C(=O)Nc1ccc(C#N)c2ccccc12. The summed E-state index contributed by atoms with van der Waals surface area (Å²) >= 11 is 0. The van der Waals surface area contributed by atoms with E-state index in [2.05, 4.69) is 37.5 Å². The summed E-state index contributed by atoms with van der Waals surface area (Å²) in [5, 5.41) is 16.4. The maximum Gasteiger partial charge on any atom is 0.247 e. The Hall–Kier alpha value is -2.87. The molecule has 2 atom stereocenters. The molecule has 144 valence electrons. The summed E-state index contributed by atoms with van der Waals surface area (Å²) in [6.07, 6.45) is 1.36. The second kappa shape index (κ2) is 9.18. The molecule has 0 saturated heterocycles. The molecule has 2 aromatic rings. The van der Waals surface area contributed by atoms with Crippen molar-refractivity contribution in [1.29, 1.82) is 5.26 Å².